The highest BCUT2D eigenvalue weighted by molar-refractivity contribution is 6.32. The fourth-order valence-electron chi connectivity index (χ4n) is 3.95. The summed E-state index contributed by atoms with van der Waals surface area (Å²) in [6, 6.07) is 11.9. The zero-order valence-corrected chi connectivity index (χ0v) is 20.3. The summed E-state index contributed by atoms with van der Waals surface area (Å²) in [5.41, 5.74) is 4.09. The second-order valence-corrected chi connectivity index (χ2v) is 8.34. The van der Waals surface area contributed by atoms with E-state index in [1.54, 1.807) is 38.7 Å². The van der Waals surface area contributed by atoms with Crippen molar-refractivity contribution in [2.45, 2.75) is 6.92 Å². The molecule has 5 rings (SSSR count). The number of aromatic nitrogens is 5. The molecule has 5 aromatic rings. The highest BCUT2D eigenvalue weighted by Crippen LogP contribution is 2.34. The smallest absolute Gasteiger partial charge is 0.240 e. The maximum Gasteiger partial charge on any atom is 0.240 e. The molecule has 1 N–H and O–H groups in total. The van der Waals surface area contributed by atoms with E-state index < -0.39 is 5.82 Å². The minimum absolute atomic E-state index is 0.398. The van der Waals surface area contributed by atoms with Gasteiger partial charge in [0.05, 0.1) is 42.5 Å². The first-order chi connectivity index (χ1) is 16.9. The molecule has 0 aliphatic heterocycles. The summed E-state index contributed by atoms with van der Waals surface area (Å²) in [7, 11) is 4.93. The topological polar surface area (TPSA) is 79.0 Å². The van der Waals surface area contributed by atoms with Crippen LogP contribution in [0.25, 0.3) is 28.1 Å². The first-order valence-electron chi connectivity index (χ1n) is 10.7. The van der Waals surface area contributed by atoms with Gasteiger partial charge in [0.2, 0.25) is 5.88 Å². The Hall–Kier alpha value is -4.11. The van der Waals surface area contributed by atoms with E-state index in [2.05, 4.69) is 15.3 Å². The number of anilines is 2. The van der Waals surface area contributed by atoms with Crippen molar-refractivity contribution in [3.63, 3.8) is 0 Å². The maximum atomic E-state index is 14.6. The molecule has 0 bridgehead atoms. The molecule has 3 heterocycles. The molecule has 0 fully saturated rings. The van der Waals surface area contributed by atoms with E-state index in [9.17, 15) is 4.39 Å². The average Bonchev–Trinajstić information content (AvgIpc) is 3.43. The van der Waals surface area contributed by atoms with Gasteiger partial charge in [-0.1, -0.05) is 11.6 Å². The normalized spacial score (nSPS) is 11.1. The third-order valence-electron chi connectivity index (χ3n) is 5.65. The zero-order valence-electron chi connectivity index (χ0n) is 19.5. The molecule has 0 amide bonds. The largest absolute Gasteiger partial charge is 0.495 e. The Morgan fingerprint density at radius 3 is 2.57 bits per heavy atom. The summed E-state index contributed by atoms with van der Waals surface area (Å²) in [5.74, 6) is 1.65. The number of nitrogens with zero attached hydrogens (tertiary/aromatic N) is 5. The Morgan fingerprint density at radius 2 is 1.86 bits per heavy atom. The SMILES string of the molecule is COc1cc(-c2nc3c(Nc4ccc(-n5cnc(C)c5)c(OC)n4)cc(F)cc3n2C)ccc1Cl. The highest BCUT2D eigenvalue weighted by Gasteiger charge is 2.17. The Morgan fingerprint density at radius 1 is 1.03 bits per heavy atom. The van der Waals surface area contributed by atoms with Crippen LogP contribution in [0.2, 0.25) is 5.02 Å². The van der Waals surface area contributed by atoms with Crippen LogP contribution >= 0.6 is 11.6 Å². The fourth-order valence-corrected chi connectivity index (χ4v) is 4.14. The Bertz CT molecular complexity index is 1560. The molecule has 178 valence electrons. The Labute approximate surface area is 205 Å². The molecule has 0 aliphatic carbocycles. The van der Waals surface area contributed by atoms with E-state index in [0.29, 0.717) is 45.0 Å². The van der Waals surface area contributed by atoms with Crippen molar-refractivity contribution in [1.29, 1.82) is 0 Å². The van der Waals surface area contributed by atoms with Gasteiger partial charge in [-0.15, -0.1) is 0 Å². The van der Waals surface area contributed by atoms with Crippen molar-refractivity contribution in [2.75, 3.05) is 19.5 Å². The molecule has 0 atom stereocenters. The first kappa shape index (κ1) is 22.7. The van der Waals surface area contributed by atoms with Crippen LogP contribution < -0.4 is 14.8 Å². The second-order valence-electron chi connectivity index (χ2n) is 7.94. The second kappa shape index (κ2) is 8.92. The number of rotatable bonds is 6. The Kier molecular flexibility index (Phi) is 5.78. The predicted octanol–water partition coefficient (Wildman–Crippen LogP) is 5.68. The number of imidazole rings is 2. The van der Waals surface area contributed by atoms with Crippen LogP contribution in [0.3, 0.4) is 0 Å². The molecule has 3 aromatic heterocycles. The van der Waals surface area contributed by atoms with Crippen LogP contribution in [0.1, 0.15) is 5.69 Å². The van der Waals surface area contributed by atoms with Gasteiger partial charge in [-0.05, 0) is 49.4 Å². The molecule has 0 unspecified atom stereocenters. The number of methoxy groups -OCH3 is 2. The minimum Gasteiger partial charge on any atom is -0.495 e. The molecule has 0 spiro atoms. The predicted molar refractivity (Wildman–Crippen MR) is 134 cm³/mol. The summed E-state index contributed by atoms with van der Waals surface area (Å²) >= 11 is 6.18. The van der Waals surface area contributed by atoms with Gasteiger partial charge in [-0.3, -0.25) is 0 Å². The van der Waals surface area contributed by atoms with Gasteiger partial charge in [0, 0.05) is 18.8 Å². The number of hydrogen-bond acceptors (Lipinski definition) is 6. The molecule has 2 aromatic carbocycles. The lowest BCUT2D eigenvalue weighted by Gasteiger charge is -2.12. The average molecular weight is 493 g/mol. The van der Waals surface area contributed by atoms with Gasteiger partial charge in [-0.2, -0.15) is 4.98 Å². The van der Waals surface area contributed by atoms with Crippen molar-refractivity contribution in [3.05, 3.63) is 71.5 Å². The molecule has 35 heavy (non-hydrogen) atoms. The monoisotopic (exact) mass is 492 g/mol. The van der Waals surface area contributed by atoms with Gasteiger partial charge in [0.25, 0.3) is 0 Å². The number of halogens is 2. The third-order valence-corrected chi connectivity index (χ3v) is 5.96. The van der Waals surface area contributed by atoms with Crippen LogP contribution in [0, 0.1) is 12.7 Å². The molecule has 0 saturated carbocycles. The summed E-state index contributed by atoms with van der Waals surface area (Å²) in [5, 5.41) is 3.69. The van der Waals surface area contributed by atoms with Crippen molar-refractivity contribution < 1.29 is 13.9 Å². The minimum atomic E-state index is -0.402. The van der Waals surface area contributed by atoms with Crippen LogP contribution in [-0.4, -0.2) is 38.3 Å². The number of pyridine rings is 1. The van der Waals surface area contributed by atoms with Crippen LogP contribution in [0.4, 0.5) is 15.9 Å². The quantitative estimate of drug-likeness (QED) is 0.328. The van der Waals surface area contributed by atoms with E-state index in [-0.39, 0.29) is 0 Å². The third kappa shape index (κ3) is 4.15. The molecule has 0 aliphatic rings. The highest BCUT2D eigenvalue weighted by atomic mass is 35.5. The number of nitrogens with one attached hydrogen (secondary N) is 1. The van der Waals surface area contributed by atoms with E-state index >= 15 is 0 Å². The van der Waals surface area contributed by atoms with Crippen molar-refractivity contribution >= 4 is 34.1 Å². The fraction of sp³-hybridized carbons (Fsp3) is 0.160. The molecule has 8 nitrogen and oxygen atoms in total. The molecule has 0 saturated heterocycles. The summed E-state index contributed by atoms with van der Waals surface area (Å²) < 4.78 is 29.1. The lowest BCUT2D eigenvalue weighted by atomic mass is 10.2. The van der Waals surface area contributed by atoms with Crippen LogP contribution in [0.5, 0.6) is 11.6 Å². The Balaban J connectivity index is 1.57. The van der Waals surface area contributed by atoms with Crippen molar-refractivity contribution in [2.24, 2.45) is 7.05 Å². The van der Waals surface area contributed by atoms with Crippen molar-refractivity contribution in [1.82, 2.24) is 24.1 Å². The van der Waals surface area contributed by atoms with Gasteiger partial charge in [0.1, 0.15) is 34.4 Å². The van der Waals surface area contributed by atoms with Crippen molar-refractivity contribution in [3.8, 4) is 28.7 Å². The lowest BCUT2D eigenvalue weighted by Crippen LogP contribution is -2.02. The first-order valence-corrected chi connectivity index (χ1v) is 11.1. The molecular weight excluding hydrogens is 471 g/mol. The summed E-state index contributed by atoms with van der Waals surface area (Å²) in [6.07, 6.45) is 3.57. The maximum absolute atomic E-state index is 14.6. The summed E-state index contributed by atoms with van der Waals surface area (Å²) in [4.78, 5) is 13.6. The van der Waals surface area contributed by atoms with Gasteiger partial charge < -0.3 is 23.9 Å². The van der Waals surface area contributed by atoms with Crippen LogP contribution in [-0.2, 0) is 7.05 Å². The zero-order chi connectivity index (χ0) is 24.7. The van der Waals surface area contributed by atoms with E-state index in [4.69, 9.17) is 26.1 Å². The molecule has 0 radical (unpaired) electrons. The lowest BCUT2D eigenvalue weighted by molar-refractivity contribution is 0.396. The number of hydrogen-bond donors (Lipinski definition) is 1. The van der Waals surface area contributed by atoms with Gasteiger partial charge >= 0.3 is 0 Å². The van der Waals surface area contributed by atoms with E-state index in [0.717, 1.165) is 16.9 Å². The molecule has 10 heteroatoms. The number of fused-ring (bicyclic) bond motifs is 1. The van der Waals surface area contributed by atoms with E-state index in [1.165, 1.54) is 12.1 Å². The van der Waals surface area contributed by atoms with E-state index in [1.807, 2.05) is 41.4 Å². The van der Waals surface area contributed by atoms with Crippen LogP contribution in [0.15, 0.2) is 55.0 Å². The standard InChI is InChI=1S/C25H22ClFN6O2/c1-14-12-33(13-28-14)19-7-8-22(30-25(19)35-4)29-18-10-16(27)11-20-23(18)31-24(32(20)2)15-5-6-17(26)21(9-15)34-3/h5-13H,1-4H3,(H,29,30). The van der Waals surface area contributed by atoms with Gasteiger partial charge in [0.15, 0.2) is 0 Å². The molecular formula is C25H22ClFN6O2. The number of ether oxygens (including phenoxy) is 2. The number of aryl methyl sites for hydroxylation is 2. The van der Waals surface area contributed by atoms with Gasteiger partial charge in [-0.25, -0.2) is 14.4 Å². The summed E-state index contributed by atoms with van der Waals surface area (Å²) in [6.45, 7) is 1.91. The number of benzene rings is 2.